The third kappa shape index (κ3) is 1.89. The van der Waals surface area contributed by atoms with Gasteiger partial charge >= 0.3 is 0 Å². The van der Waals surface area contributed by atoms with Gasteiger partial charge in [-0.2, -0.15) is 0 Å². The standard InChI is InChI=1S/C9H13NO4/c1-4(11)8(10)5-2-6(12)9(14)7(13)3-5/h2-4,8,11-14H,10H2,1H3/t4-,8+/m0/s1. The molecule has 0 heterocycles. The Bertz CT molecular complexity index is 315. The number of aliphatic hydroxyl groups excluding tert-OH is 1. The average molecular weight is 199 g/mol. The molecule has 78 valence electrons. The van der Waals surface area contributed by atoms with E-state index in [0.29, 0.717) is 5.56 Å². The van der Waals surface area contributed by atoms with Crippen LogP contribution < -0.4 is 5.73 Å². The first kappa shape index (κ1) is 10.6. The largest absolute Gasteiger partial charge is 0.504 e. The zero-order valence-corrected chi connectivity index (χ0v) is 7.68. The zero-order valence-electron chi connectivity index (χ0n) is 7.68. The van der Waals surface area contributed by atoms with Gasteiger partial charge in [-0.1, -0.05) is 0 Å². The van der Waals surface area contributed by atoms with Gasteiger partial charge in [-0.3, -0.25) is 0 Å². The Morgan fingerprint density at radius 2 is 1.57 bits per heavy atom. The van der Waals surface area contributed by atoms with Crippen LogP contribution in [0.4, 0.5) is 0 Å². The maximum atomic E-state index is 9.17. The van der Waals surface area contributed by atoms with Crippen molar-refractivity contribution in [3.63, 3.8) is 0 Å². The fourth-order valence-corrected chi connectivity index (χ4v) is 1.10. The Morgan fingerprint density at radius 3 is 1.93 bits per heavy atom. The minimum absolute atomic E-state index is 0.354. The summed E-state index contributed by atoms with van der Waals surface area (Å²) in [6.07, 6.45) is -0.807. The zero-order chi connectivity index (χ0) is 10.9. The fourth-order valence-electron chi connectivity index (χ4n) is 1.10. The molecule has 0 amide bonds. The molecule has 5 heteroatoms. The molecule has 1 aromatic carbocycles. The van der Waals surface area contributed by atoms with Crippen LogP contribution in [0, 0.1) is 0 Å². The first-order valence-electron chi connectivity index (χ1n) is 4.12. The lowest BCUT2D eigenvalue weighted by Crippen LogP contribution is -2.22. The molecule has 5 nitrogen and oxygen atoms in total. The van der Waals surface area contributed by atoms with E-state index in [4.69, 9.17) is 21.1 Å². The van der Waals surface area contributed by atoms with E-state index in [9.17, 15) is 5.11 Å². The molecular weight excluding hydrogens is 186 g/mol. The Balaban J connectivity index is 3.12. The van der Waals surface area contributed by atoms with Crippen molar-refractivity contribution < 1.29 is 20.4 Å². The van der Waals surface area contributed by atoms with Crippen LogP contribution in [-0.4, -0.2) is 26.5 Å². The molecule has 0 aliphatic rings. The van der Waals surface area contributed by atoms with E-state index in [2.05, 4.69) is 0 Å². The Kier molecular flexibility index (Phi) is 2.83. The van der Waals surface area contributed by atoms with Crippen LogP contribution in [0.25, 0.3) is 0 Å². The van der Waals surface area contributed by atoms with Crippen LogP contribution in [0.3, 0.4) is 0 Å². The SMILES string of the molecule is C[C@H](O)[C@@H](N)c1cc(O)c(O)c(O)c1. The monoisotopic (exact) mass is 199 g/mol. The smallest absolute Gasteiger partial charge is 0.200 e. The number of phenols is 3. The van der Waals surface area contributed by atoms with Crippen LogP contribution in [-0.2, 0) is 0 Å². The third-order valence-electron chi connectivity index (χ3n) is 2.00. The van der Waals surface area contributed by atoms with Crippen molar-refractivity contribution in [2.24, 2.45) is 5.73 Å². The van der Waals surface area contributed by atoms with Crippen molar-refractivity contribution in [2.45, 2.75) is 19.1 Å². The molecule has 1 rings (SSSR count). The third-order valence-corrected chi connectivity index (χ3v) is 2.00. The minimum atomic E-state index is -0.807. The van der Waals surface area contributed by atoms with Crippen molar-refractivity contribution in [3.05, 3.63) is 17.7 Å². The van der Waals surface area contributed by atoms with E-state index in [-0.39, 0.29) is 0 Å². The highest BCUT2D eigenvalue weighted by Gasteiger charge is 2.16. The summed E-state index contributed by atoms with van der Waals surface area (Å²) in [7, 11) is 0. The van der Waals surface area contributed by atoms with E-state index >= 15 is 0 Å². The van der Waals surface area contributed by atoms with Crippen molar-refractivity contribution in [1.82, 2.24) is 0 Å². The second-order valence-electron chi connectivity index (χ2n) is 3.17. The van der Waals surface area contributed by atoms with Crippen molar-refractivity contribution in [2.75, 3.05) is 0 Å². The highest BCUT2D eigenvalue weighted by atomic mass is 16.3. The molecule has 0 spiro atoms. The number of aromatic hydroxyl groups is 3. The van der Waals surface area contributed by atoms with E-state index in [1.807, 2.05) is 0 Å². The Morgan fingerprint density at radius 1 is 1.14 bits per heavy atom. The van der Waals surface area contributed by atoms with Crippen LogP contribution in [0.5, 0.6) is 17.2 Å². The summed E-state index contributed by atoms with van der Waals surface area (Å²) in [5.74, 6) is -1.52. The van der Waals surface area contributed by atoms with E-state index in [1.54, 1.807) is 0 Å². The molecule has 6 N–H and O–H groups in total. The van der Waals surface area contributed by atoms with Gasteiger partial charge < -0.3 is 26.2 Å². The lowest BCUT2D eigenvalue weighted by molar-refractivity contribution is 0.164. The normalized spacial score (nSPS) is 15.1. The predicted octanol–water partition coefficient (Wildman–Crippen LogP) is 0.184. The maximum Gasteiger partial charge on any atom is 0.200 e. The van der Waals surface area contributed by atoms with Crippen molar-refractivity contribution >= 4 is 0 Å². The van der Waals surface area contributed by atoms with Gasteiger partial charge in [-0.15, -0.1) is 0 Å². The minimum Gasteiger partial charge on any atom is -0.504 e. The molecule has 0 radical (unpaired) electrons. The van der Waals surface area contributed by atoms with E-state index in [0.717, 1.165) is 0 Å². The topological polar surface area (TPSA) is 107 Å². The van der Waals surface area contributed by atoms with Gasteiger partial charge in [0.2, 0.25) is 0 Å². The summed E-state index contributed by atoms with van der Waals surface area (Å²) >= 11 is 0. The molecule has 1 aromatic rings. The molecule has 2 atom stereocenters. The summed E-state index contributed by atoms with van der Waals surface area (Å²) in [5.41, 5.74) is 5.93. The molecule has 0 bridgehead atoms. The summed E-state index contributed by atoms with van der Waals surface area (Å²) < 4.78 is 0. The molecule has 0 saturated heterocycles. The van der Waals surface area contributed by atoms with Crippen molar-refractivity contribution in [3.8, 4) is 17.2 Å². The maximum absolute atomic E-state index is 9.17. The van der Waals surface area contributed by atoms with Crippen LogP contribution >= 0.6 is 0 Å². The fraction of sp³-hybridized carbons (Fsp3) is 0.333. The molecule has 0 unspecified atom stereocenters. The number of rotatable bonds is 2. The van der Waals surface area contributed by atoms with Crippen LogP contribution in [0.15, 0.2) is 12.1 Å². The quantitative estimate of drug-likeness (QED) is 0.437. The van der Waals surface area contributed by atoms with E-state index in [1.165, 1.54) is 19.1 Å². The van der Waals surface area contributed by atoms with Gasteiger partial charge in [-0.25, -0.2) is 0 Å². The Hall–Kier alpha value is -1.46. The Labute approximate surface area is 81.0 Å². The summed E-state index contributed by atoms with van der Waals surface area (Å²) in [4.78, 5) is 0. The lowest BCUT2D eigenvalue weighted by Gasteiger charge is -2.15. The summed E-state index contributed by atoms with van der Waals surface area (Å²) in [6.45, 7) is 1.49. The average Bonchev–Trinajstić information content (AvgIpc) is 2.12. The number of aliphatic hydroxyl groups is 1. The van der Waals surface area contributed by atoms with Crippen molar-refractivity contribution in [1.29, 1.82) is 0 Å². The lowest BCUT2D eigenvalue weighted by atomic mass is 10.0. The molecule has 0 aliphatic carbocycles. The van der Waals surface area contributed by atoms with Gasteiger partial charge in [0.05, 0.1) is 12.1 Å². The van der Waals surface area contributed by atoms with Crippen LogP contribution in [0.2, 0.25) is 0 Å². The number of hydrogen-bond donors (Lipinski definition) is 5. The number of nitrogens with two attached hydrogens (primary N) is 1. The number of phenolic OH excluding ortho intramolecular Hbond substituents is 3. The first-order valence-corrected chi connectivity index (χ1v) is 4.12. The predicted molar refractivity (Wildman–Crippen MR) is 50.0 cm³/mol. The molecule has 0 aliphatic heterocycles. The van der Waals surface area contributed by atoms with Crippen LogP contribution in [0.1, 0.15) is 18.5 Å². The van der Waals surface area contributed by atoms with Gasteiger partial charge in [0.25, 0.3) is 0 Å². The molecular formula is C9H13NO4. The highest BCUT2D eigenvalue weighted by Crippen LogP contribution is 2.37. The summed E-state index contributed by atoms with van der Waals surface area (Å²) in [5, 5.41) is 36.6. The highest BCUT2D eigenvalue weighted by molar-refractivity contribution is 5.51. The molecule has 0 aromatic heterocycles. The van der Waals surface area contributed by atoms with Gasteiger partial charge in [0.15, 0.2) is 17.2 Å². The van der Waals surface area contributed by atoms with Gasteiger partial charge in [0, 0.05) is 0 Å². The second kappa shape index (κ2) is 3.73. The van der Waals surface area contributed by atoms with Gasteiger partial charge in [0.1, 0.15) is 0 Å². The number of hydrogen-bond acceptors (Lipinski definition) is 5. The summed E-state index contributed by atoms with van der Waals surface area (Å²) in [6, 6.07) is 1.69. The molecule has 0 fully saturated rings. The first-order chi connectivity index (χ1) is 6.43. The molecule has 14 heavy (non-hydrogen) atoms. The number of benzene rings is 1. The van der Waals surface area contributed by atoms with Gasteiger partial charge in [-0.05, 0) is 24.6 Å². The second-order valence-corrected chi connectivity index (χ2v) is 3.17. The van der Waals surface area contributed by atoms with E-state index < -0.39 is 29.4 Å². The molecule has 0 saturated carbocycles.